The molecule has 1 unspecified atom stereocenters. The fourth-order valence-electron chi connectivity index (χ4n) is 3.14. The Bertz CT molecular complexity index is 1180. The molecule has 1 aromatic heterocycles. The molecule has 1 atom stereocenters. The molecule has 0 spiro atoms. The van der Waals surface area contributed by atoms with Crippen molar-refractivity contribution in [1.82, 2.24) is 10.3 Å². The van der Waals surface area contributed by atoms with Gasteiger partial charge in [0.2, 0.25) is 0 Å². The average Bonchev–Trinajstić information content (AvgIpc) is 2.88. The number of carbonyl (C=O) groups excluding carboxylic acids is 1. The Morgan fingerprint density at radius 2 is 1.35 bits per heavy atom. The van der Waals surface area contributed by atoms with Crippen LogP contribution in [0.1, 0.15) is 16.9 Å². The van der Waals surface area contributed by atoms with Crippen molar-refractivity contribution in [3.63, 3.8) is 0 Å². The van der Waals surface area contributed by atoms with Crippen molar-refractivity contribution >= 4 is 13.7 Å². The van der Waals surface area contributed by atoms with Crippen LogP contribution in [0.4, 0.5) is 4.79 Å². The van der Waals surface area contributed by atoms with Crippen molar-refractivity contribution in [1.29, 1.82) is 0 Å². The third-order valence-corrected chi connectivity index (χ3v) is 6.73. The predicted molar refractivity (Wildman–Crippen MR) is 128 cm³/mol. The molecule has 3 aromatic carbocycles. The number of benzene rings is 3. The molecule has 0 aliphatic heterocycles. The van der Waals surface area contributed by atoms with Crippen molar-refractivity contribution < 1.29 is 23.1 Å². The third kappa shape index (κ3) is 6.24. The number of pyridine rings is 1. The lowest BCUT2D eigenvalue weighted by Gasteiger charge is -2.28. The third-order valence-electron chi connectivity index (χ3n) is 4.74. The maximum Gasteiger partial charge on any atom is 0.457 e. The summed E-state index contributed by atoms with van der Waals surface area (Å²) >= 11 is 0. The molecule has 0 aliphatic carbocycles. The van der Waals surface area contributed by atoms with E-state index in [1.807, 2.05) is 42.5 Å². The number of alkyl carbamates (subject to hydrolysis) is 1. The Balaban J connectivity index is 1.64. The summed E-state index contributed by atoms with van der Waals surface area (Å²) in [6.45, 7) is 0.0514. The summed E-state index contributed by atoms with van der Waals surface area (Å²) in [4.78, 5) is 16.9. The van der Waals surface area contributed by atoms with Gasteiger partial charge in [0.05, 0.1) is 0 Å². The van der Waals surface area contributed by atoms with E-state index in [0.717, 1.165) is 5.56 Å². The van der Waals surface area contributed by atoms with Gasteiger partial charge in [0.1, 0.15) is 18.1 Å². The summed E-state index contributed by atoms with van der Waals surface area (Å²) in [7, 11) is -4.10. The van der Waals surface area contributed by atoms with Crippen molar-refractivity contribution in [2.75, 3.05) is 0 Å². The van der Waals surface area contributed by atoms with Crippen LogP contribution in [0.5, 0.6) is 11.5 Å². The second-order valence-corrected chi connectivity index (χ2v) is 9.20. The van der Waals surface area contributed by atoms with Crippen molar-refractivity contribution in [2.24, 2.45) is 0 Å². The number of nitrogens with one attached hydrogen (secondary N) is 1. The van der Waals surface area contributed by atoms with E-state index in [9.17, 15) is 9.36 Å². The first-order chi connectivity index (χ1) is 16.6. The van der Waals surface area contributed by atoms with Crippen LogP contribution in [0.25, 0.3) is 0 Å². The molecular formula is C26H23N2O5P. The van der Waals surface area contributed by atoms with Crippen LogP contribution in [0.15, 0.2) is 116 Å². The van der Waals surface area contributed by atoms with Gasteiger partial charge >= 0.3 is 13.7 Å². The zero-order chi connectivity index (χ0) is 23.6. The highest BCUT2D eigenvalue weighted by molar-refractivity contribution is 7.55. The molecule has 0 radical (unpaired) electrons. The molecule has 1 N–H and O–H groups in total. The maximum atomic E-state index is 14.3. The molecule has 0 aliphatic rings. The highest BCUT2D eigenvalue weighted by Crippen LogP contribution is 2.58. The Morgan fingerprint density at radius 3 is 1.88 bits per heavy atom. The second-order valence-electron chi connectivity index (χ2n) is 7.24. The highest BCUT2D eigenvalue weighted by Gasteiger charge is 2.42. The van der Waals surface area contributed by atoms with Gasteiger partial charge in [0, 0.05) is 18.0 Å². The summed E-state index contributed by atoms with van der Waals surface area (Å²) in [5.74, 6) is -0.532. The lowest BCUT2D eigenvalue weighted by atomic mass is 10.2. The molecular weight excluding hydrogens is 451 g/mol. The zero-order valence-electron chi connectivity index (χ0n) is 18.2. The summed E-state index contributed by atoms with van der Waals surface area (Å²) in [6.07, 6.45) is 2.30. The number of hydrogen-bond donors (Lipinski definition) is 1. The van der Waals surface area contributed by atoms with E-state index in [1.165, 1.54) is 6.20 Å². The minimum atomic E-state index is -4.10. The molecule has 0 fully saturated rings. The largest absolute Gasteiger partial charge is 0.457 e. The van der Waals surface area contributed by atoms with Gasteiger partial charge in [0.15, 0.2) is 5.78 Å². The number of hydrogen-bond acceptors (Lipinski definition) is 6. The second kappa shape index (κ2) is 11.2. The van der Waals surface area contributed by atoms with Crippen LogP contribution in [0.2, 0.25) is 0 Å². The normalized spacial score (nSPS) is 11.8. The van der Waals surface area contributed by atoms with Crippen molar-refractivity contribution in [3.05, 3.63) is 127 Å². The summed E-state index contributed by atoms with van der Waals surface area (Å²) in [5.41, 5.74) is 1.26. The number of ether oxygens (including phenoxy) is 1. The van der Waals surface area contributed by atoms with Gasteiger partial charge in [-0.2, -0.15) is 0 Å². The number of nitrogens with zero attached hydrogens (tertiary/aromatic N) is 1. The average molecular weight is 474 g/mol. The van der Waals surface area contributed by atoms with E-state index in [2.05, 4.69) is 10.3 Å². The Hall–Kier alpha value is -4.09. The van der Waals surface area contributed by atoms with Gasteiger partial charge in [-0.05, 0) is 35.9 Å². The molecule has 0 bridgehead atoms. The highest BCUT2D eigenvalue weighted by atomic mass is 31.2. The van der Waals surface area contributed by atoms with Crippen molar-refractivity contribution in [2.45, 2.75) is 12.4 Å². The van der Waals surface area contributed by atoms with Crippen LogP contribution in [0, 0.1) is 0 Å². The quantitative estimate of drug-likeness (QED) is 0.284. The summed E-state index contributed by atoms with van der Waals surface area (Å²) < 4.78 is 31.5. The minimum Gasteiger partial charge on any atom is -0.445 e. The van der Waals surface area contributed by atoms with Crippen LogP contribution >= 0.6 is 7.60 Å². The number of amides is 1. The summed E-state index contributed by atoms with van der Waals surface area (Å²) in [6, 6.07) is 29.9. The lowest BCUT2D eigenvalue weighted by molar-refractivity contribution is 0.137. The van der Waals surface area contributed by atoms with E-state index in [1.54, 1.807) is 66.9 Å². The van der Waals surface area contributed by atoms with Crippen LogP contribution in [0.3, 0.4) is 0 Å². The Kier molecular flexibility index (Phi) is 7.58. The number of para-hydroxylation sites is 2. The molecule has 1 heterocycles. The van der Waals surface area contributed by atoms with Crippen molar-refractivity contribution in [3.8, 4) is 11.5 Å². The van der Waals surface area contributed by atoms with Gasteiger partial charge in [0.25, 0.3) is 0 Å². The van der Waals surface area contributed by atoms with Crippen LogP contribution < -0.4 is 14.4 Å². The maximum absolute atomic E-state index is 14.3. The first-order valence-corrected chi connectivity index (χ1v) is 12.2. The van der Waals surface area contributed by atoms with Crippen LogP contribution in [-0.2, 0) is 15.9 Å². The van der Waals surface area contributed by atoms with Crippen LogP contribution in [-0.4, -0.2) is 11.1 Å². The van der Waals surface area contributed by atoms with E-state index < -0.39 is 19.5 Å². The smallest absolute Gasteiger partial charge is 0.445 e. The van der Waals surface area contributed by atoms with E-state index in [4.69, 9.17) is 13.8 Å². The molecule has 172 valence electrons. The van der Waals surface area contributed by atoms with Gasteiger partial charge in [-0.15, -0.1) is 0 Å². The molecule has 4 rings (SSSR count). The topological polar surface area (TPSA) is 86.8 Å². The molecule has 7 nitrogen and oxygen atoms in total. The molecule has 1 amide bonds. The van der Waals surface area contributed by atoms with E-state index >= 15 is 0 Å². The Morgan fingerprint density at radius 1 is 0.794 bits per heavy atom. The predicted octanol–water partition coefficient (Wildman–Crippen LogP) is 6.36. The first-order valence-electron chi connectivity index (χ1n) is 10.6. The fraction of sp³-hybridized carbons (Fsp3) is 0.0769. The zero-order valence-corrected chi connectivity index (χ0v) is 19.1. The van der Waals surface area contributed by atoms with Gasteiger partial charge in [-0.3, -0.25) is 4.98 Å². The van der Waals surface area contributed by atoms with Gasteiger partial charge in [-0.25, -0.2) is 9.36 Å². The summed E-state index contributed by atoms with van der Waals surface area (Å²) in [5, 5.41) is 2.67. The van der Waals surface area contributed by atoms with E-state index in [0.29, 0.717) is 17.1 Å². The fourth-order valence-corrected chi connectivity index (χ4v) is 5.00. The number of carbonyl (C=O) groups is 1. The lowest BCUT2D eigenvalue weighted by Crippen LogP contribution is -2.31. The molecule has 34 heavy (non-hydrogen) atoms. The molecule has 4 aromatic rings. The number of rotatable bonds is 9. The first kappa shape index (κ1) is 23.1. The molecule has 0 saturated carbocycles. The number of aromatic nitrogens is 1. The monoisotopic (exact) mass is 474 g/mol. The minimum absolute atomic E-state index is 0.0514. The Labute approximate surface area is 197 Å². The van der Waals surface area contributed by atoms with Gasteiger partial charge < -0.3 is 19.1 Å². The molecule has 0 saturated heterocycles. The van der Waals surface area contributed by atoms with Gasteiger partial charge in [-0.1, -0.05) is 72.8 Å². The van der Waals surface area contributed by atoms with E-state index in [-0.39, 0.29) is 6.61 Å². The SMILES string of the molecule is O=C(NC(c1cccnc1)P(=O)(Oc1ccccc1)Oc1ccccc1)OCc1ccccc1. The standard InChI is InChI=1S/C26H23N2O5P/c29-26(31-20-21-11-4-1-5-12-21)28-25(22-13-10-18-27-19-22)34(30,32-23-14-6-2-7-15-23)33-24-16-8-3-9-17-24/h1-19,25H,20H2,(H,28,29). The molecule has 8 heteroatoms.